The van der Waals surface area contributed by atoms with Gasteiger partial charge in [-0.15, -0.1) is 43.1 Å². The van der Waals surface area contributed by atoms with Crippen LogP contribution in [-0.2, 0) is 47.7 Å². The highest BCUT2D eigenvalue weighted by Gasteiger charge is 2.44. The van der Waals surface area contributed by atoms with E-state index in [2.05, 4.69) is 69.4 Å². The van der Waals surface area contributed by atoms with E-state index in [0.717, 1.165) is 77.6 Å². The van der Waals surface area contributed by atoms with E-state index in [4.69, 9.17) is 61.6 Å². The molecule has 552 valence electrons. The number of halogens is 2. The number of benzene rings is 4. The van der Waals surface area contributed by atoms with Gasteiger partial charge in [-0.25, -0.2) is 9.59 Å². The van der Waals surface area contributed by atoms with Crippen molar-refractivity contribution in [3.8, 4) is 21.5 Å². The van der Waals surface area contributed by atoms with Crippen LogP contribution >= 0.6 is 45.9 Å². The van der Waals surface area contributed by atoms with Crippen molar-refractivity contribution >= 4 is 105 Å². The summed E-state index contributed by atoms with van der Waals surface area (Å²) in [5.74, 6) is 1.86. The quantitative estimate of drug-likeness (QED) is 0.0323. The lowest BCUT2D eigenvalue weighted by Crippen LogP contribution is -2.52. The van der Waals surface area contributed by atoms with Gasteiger partial charge in [0.05, 0.1) is 70.3 Å². The van der Waals surface area contributed by atoms with E-state index in [0.29, 0.717) is 72.8 Å². The van der Waals surface area contributed by atoms with E-state index < -0.39 is 60.4 Å². The number of hydrogen-bond donors (Lipinski definition) is 4. The van der Waals surface area contributed by atoms with E-state index in [-0.39, 0.29) is 88.4 Å². The summed E-state index contributed by atoms with van der Waals surface area (Å²) in [6, 6.07) is 26.8. The largest absolute Gasteiger partial charge is 0.492 e. The van der Waals surface area contributed by atoms with Crippen LogP contribution in [-0.4, -0.2) is 176 Å². The van der Waals surface area contributed by atoms with Crippen molar-refractivity contribution in [2.75, 3.05) is 65.8 Å². The Morgan fingerprint density at radius 3 is 1.34 bits per heavy atom. The summed E-state index contributed by atoms with van der Waals surface area (Å²) in [5.41, 5.74) is 9.16. The monoisotopic (exact) mass is 1520 g/mol. The fourth-order valence-electron chi connectivity index (χ4n) is 13.3. The van der Waals surface area contributed by atoms with Crippen LogP contribution in [0, 0.1) is 41.5 Å². The molecule has 4 fully saturated rings. The number of fused-ring (bicyclic) bond motifs is 6. The number of ether oxygens (including phenoxy) is 6. The molecule has 4 aromatic heterocycles. The third kappa shape index (κ3) is 16.4. The molecule has 4 aromatic carbocycles. The Morgan fingerprint density at radius 1 is 0.519 bits per heavy atom. The zero-order chi connectivity index (χ0) is 74.4. The molecule has 32 heteroatoms. The van der Waals surface area contributed by atoms with E-state index >= 15 is 0 Å². The SMILES string of the molecule is Cc1sc2c(c1C)C(c1ccc(Cl)cc1)=N[C@@H](CC(=O)NCCOCCOCCOc1ccc(C3CN(C4CCC(=O)NC4=O)C(=O)O3)cc1)c1nnc(C)n1-2.Cc1sc2c(c1C)C(c1ccc(Cl)cc1)=N[C@@H](CC(=O)NCCOc1ccc(C3CN(C4CCC(=O)NC4=O)C(=O)O3)cc1)c1nnc(C)n1-2. The van der Waals surface area contributed by atoms with Crippen LogP contribution in [0.5, 0.6) is 11.5 Å². The van der Waals surface area contributed by atoms with Crippen molar-refractivity contribution in [1.82, 2.24) is 60.6 Å². The van der Waals surface area contributed by atoms with Crippen LogP contribution in [0.1, 0.15) is 140 Å². The Balaban J connectivity index is 0.000000189. The number of carbonyl (C=O) groups excluding carboxylic acids is 8. The normalized spacial score (nSPS) is 19.5. The molecule has 4 N–H and O–H groups in total. The second kappa shape index (κ2) is 32.6. The molecule has 6 atom stereocenters. The average molecular weight is 1520 g/mol. The molecule has 106 heavy (non-hydrogen) atoms. The topological polar surface area (TPSA) is 333 Å². The lowest BCUT2D eigenvalue weighted by molar-refractivity contribution is -0.138. The summed E-state index contributed by atoms with van der Waals surface area (Å²) < 4.78 is 38.0. The van der Waals surface area contributed by atoms with Gasteiger partial charge in [0, 0.05) is 61.4 Å². The Kier molecular flexibility index (Phi) is 22.8. The molecule has 28 nitrogen and oxygen atoms in total. The Hall–Kier alpha value is -10.2. The number of nitrogens with zero attached hydrogens (tertiary/aromatic N) is 10. The highest BCUT2D eigenvalue weighted by atomic mass is 35.5. The molecule has 0 saturated carbocycles. The molecule has 6 aliphatic heterocycles. The molecule has 0 radical (unpaired) electrons. The van der Waals surface area contributed by atoms with E-state index in [9.17, 15) is 38.4 Å². The molecule has 0 aliphatic carbocycles. The minimum atomic E-state index is -0.729. The first kappa shape index (κ1) is 74.0. The summed E-state index contributed by atoms with van der Waals surface area (Å²) in [7, 11) is 0. The first-order valence-corrected chi connectivity index (χ1v) is 37.0. The molecular weight excluding hydrogens is 1440 g/mol. The van der Waals surface area contributed by atoms with Crippen molar-refractivity contribution in [2.45, 2.75) is 116 Å². The maximum absolute atomic E-state index is 13.3. The number of hydrogen-bond acceptors (Lipinski definition) is 22. The third-order valence-corrected chi connectivity index (χ3v) is 21.8. The number of carbonyl (C=O) groups is 8. The smallest absolute Gasteiger partial charge is 0.411 e. The lowest BCUT2D eigenvalue weighted by Gasteiger charge is -2.27. The van der Waals surface area contributed by atoms with E-state index in [1.807, 2.05) is 83.6 Å². The molecular formula is C74H76Cl2N14O14S2. The summed E-state index contributed by atoms with van der Waals surface area (Å²) in [4.78, 5) is 114. The Labute approximate surface area is 627 Å². The van der Waals surface area contributed by atoms with E-state index in [1.54, 1.807) is 59.1 Å². The number of rotatable bonds is 24. The van der Waals surface area contributed by atoms with Gasteiger partial charge in [-0.2, -0.15) is 0 Å². The fourth-order valence-corrected chi connectivity index (χ4v) is 15.9. The van der Waals surface area contributed by atoms with Crippen molar-refractivity contribution in [3.05, 3.63) is 185 Å². The molecule has 0 spiro atoms. The summed E-state index contributed by atoms with van der Waals surface area (Å²) in [6.45, 7) is 15.1. The fraction of sp³-hybridized carbons (Fsp3) is 0.378. The van der Waals surface area contributed by atoms with Crippen molar-refractivity contribution in [3.63, 3.8) is 0 Å². The lowest BCUT2D eigenvalue weighted by atomic mass is 9.99. The molecule has 6 aliphatic rings. The van der Waals surface area contributed by atoms with Gasteiger partial charge >= 0.3 is 12.2 Å². The maximum Gasteiger partial charge on any atom is 0.411 e. The molecule has 8 amide bonds. The molecule has 8 aromatic rings. The van der Waals surface area contributed by atoms with Gasteiger partial charge in [-0.3, -0.25) is 68.3 Å². The molecule has 4 unspecified atom stereocenters. The second-order valence-corrected chi connectivity index (χ2v) is 29.2. The number of amides is 8. The number of aliphatic imine (C=N–C) groups is 2. The summed E-state index contributed by atoms with van der Waals surface area (Å²) >= 11 is 15.7. The molecule has 4 saturated heterocycles. The van der Waals surface area contributed by atoms with Gasteiger partial charge in [0.1, 0.15) is 82.7 Å². The molecule has 10 heterocycles. The third-order valence-electron chi connectivity index (χ3n) is 19.0. The average Bonchev–Trinajstić information content (AvgIpc) is 1.59. The highest BCUT2D eigenvalue weighted by Crippen LogP contribution is 2.42. The van der Waals surface area contributed by atoms with Crippen LogP contribution in [0.4, 0.5) is 9.59 Å². The van der Waals surface area contributed by atoms with Gasteiger partial charge in [0.15, 0.2) is 11.6 Å². The van der Waals surface area contributed by atoms with Gasteiger partial charge < -0.3 is 39.1 Å². The molecule has 0 bridgehead atoms. The van der Waals surface area contributed by atoms with Crippen molar-refractivity contribution in [1.29, 1.82) is 0 Å². The second-order valence-electron chi connectivity index (χ2n) is 26.0. The highest BCUT2D eigenvalue weighted by molar-refractivity contribution is 7.15. The number of thiophene rings is 2. The van der Waals surface area contributed by atoms with Crippen LogP contribution in [0.15, 0.2) is 107 Å². The predicted molar refractivity (Wildman–Crippen MR) is 392 cm³/mol. The van der Waals surface area contributed by atoms with Gasteiger partial charge in [-0.05, 0) is 125 Å². The standard InChI is InChI=1S/C39H42ClN7O8S.C35H34ClN7O6S/c1-22-23(2)56-38-34(22)35(26-4-8-27(40)9-5-26)42-29(36-45-44-24(3)47(36)38)20-33(49)41-14-15-52-16-17-53-18-19-54-28-10-6-25(7-11-28)31-21-46(39(51)55-31)30-12-13-32(48)43-37(30)50;1-18-19(2)50-34-30(18)31(22-4-8-23(36)9-5-22)38-25(32-41-40-20(3)43(32)34)16-29(45)37-14-15-48-24-10-6-21(7-11-24)27-17-42(35(47)49-27)26-12-13-28(44)39-33(26)46/h4-11,29-31H,12-21H2,1-3H3,(H,41,49)(H,43,48,50);4-11,25-27H,12-17H2,1-3H3,(H,37,45)(H,39,44,46)/t29-,30?,31?;25-,26?,27?/m00/s1. The number of aryl methyl sites for hydroxylation is 4. The number of aromatic nitrogens is 6. The van der Waals surface area contributed by atoms with Gasteiger partial charge in [-0.1, -0.05) is 71.7 Å². The molecule has 14 rings (SSSR count). The van der Waals surface area contributed by atoms with Crippen LogP contribution in [0.2, 0.25) is 10.0 Å². The Morgan fingerprint density at radius 2 is 0.915 bits per heavy atom. The van der Waals surface area contributed by atoms with Crippen LogP contribution < -0.4 is 30.7 Å². The number of piperidine rings is 2. The zero-order valence-electron chi connectivity index (χ0n) is 58.8. The zero-order valence-corrected chi connectivity index (χ0v) is 61.9. The van der Waals surface area contributed by atoms with E-state index in [1.165, 1.54) is 19.6 Å². The number of cyclic esters (lactones) is 2. The minimum absolute atomic E-state index is 0.0623. The summed E-state index contributed by atoms with van der Waals surface area (Å²) in [6.07, 6.45) is -1.19. The predicted octanol–water partition coefficient (Wildman–Crippen LogP) is 9.40. The van der Waals surface area contributed by atoms with Crippen molar-refractivity contribution < 1.29 is 66.8 Å². The first-order valence-electron chi connectivity index (χ1n) is 34.6. The summed E-state index contributed by atoms with van der Waals surface area (Å²) in [5, 5.41) is 31.3. The minimum Gasteiger partial charge on any atom is -0.492 e. The van der Waals surface area contributed by atoms with Gasteiger partial charge in [0.2, 0.25) is 35.4 Å². The van der Waals surface area contributed by atoms with Crippen LogP contribution in [0.3, 0.4) is 0 Å². The Bertz CT molecular complexity index is 4750. The van der Waals surface area contributed by atoms with Crippen molar-refractivity contribution in [2.24, 2.45) is 9.98 Å². The number of imide groups is 2. The number of nitrogens with one attached hydrogen (secondary N) is 4. The first-order chi connectivity index (χ1) is 51.1. The van der Waals surface area contributed by atoms with Gasteiger partial charge in [0.25, 0.3) is 0 Å². The van der Waals surface area contributed by atoms with Crippen LogP contribution in [0.25, 0.3) is 10.0 Å². The maximum atomic E-state index is 13.3.